The highest BCUT2D eigenvalue weighted by atomic mass is 16.5. The molecule has 0 aliphatic carbocycles. The van der Waals surface area contributed by atoms with Crippen LogP contribution in [0.25, 0.3) is 10.8 Å². The number of hydrogen-bond acceptors (Lipinski definition) is 3. The van der Waals surface area contributed by atoms with Crippen LogP contribution < -0.4 is 11.1 Å². The molecule has 1 aliphatic rings. The van der Waals surface area contributed by atoms with Gasteiger partial charge in [-0.05, 0) is 35.2 Å². The van der Waals surface area contributed by atoms with Crippen molar-refractivity contribution in [1.29, 1.82) is 0 Å². The van der Waals surface area contributed by atoms with Crippen molar-refractivity contribution < 1.29 is 9.53 Å². The lowest BCUT2D eigenvalue weighted by Gasteiger charge is -2.19. The summed E-state index contributed by atoms with van der Waals surface area (Å²) in [5.41, 5.74) is 6.90. The van der Waals surface area contributed by atoms with Crippen molar-refractivity contribution >= 4 is 16.7 Å². The summed E-state index contributed by atoms with van der Waals surface area (Å²) >= 11 is 0. The van der Waals surface area contributed by atoms with Gasteiger partial charge in [0.1, 0.15) is 0 Å². The summed E-state index contributed by atoms with van der Waals surface area (Å²) in [6.45, 7) is 1.15. The second kappa shape index (κ2) is 6.90. The maximum absolute atomic E-state index is 12.2. The lowest BCUT2D eigenvalue weighted by atomic mass is 10.0. The standard InChI is InChI=1S/C18H22N2O2/c19-12-17(20-18(21)11-16-6-3-9-22-16)15-8-7-13-4-1-2-5-14(13)10-15/h1-2,4-5,7-8,10,16-17H,3,6,9,11-12,19H2,(H,20,21). The highest BCUT2D eigenvalue weighted by molar-refractivity contribution is 5.83. The van der Waals surface area contributed by atoms with Crippen LogP contribution in [0.1, 0.15) is 30.9 Å². The predicted molar refractivity (Wildman–Crippen MR) is 87.5 cm³/mol. The van der Waals surface area contributed by atoms with E-state index >= 15 is 0 Å². The third-order valence-corrected chi connectivity index (χ3v) is 4.18. The molecule has 116 valence electrons. The average Bonchev–Trinajstić information content (AvgIpc) is 3.05. The SMILES string of the molecule is NCC(NC(=O)CC1CCCO1)c1ccc2ccccc2c1. The summed E-state index contributed by atoms with van der Waals surface area (Å²) in [5, 5.41) is 5.38. The molecule has 4 heteroatoms. The Morgan fingerprint density at radius 1 is 1.27 bits per heavy atom. The topological polar surface area (TPSA) is 64.3 Å². The Morgan fingerprint density at radius 3 is 2.82 bits per heavy atom. The van der Waals surface area contributed by atoms with E-state index in [2.05, 4.69) is 29.6 Å². The quantitative estimate of drug-likeness (QED) is 0.891. The molecule has 1 aliphatic heterocycles. The first-order valence-corrected chi connectivity index (χ1v) is 7.86. The molecule has 2 aromatic carbocycles. The second-order valence-electron chi connectivity index (χ2n) is 5.80. The van der Waals surface area contributed by atoms with Gasteiger partial charge in [-0.15, -0.1) is 0 Å². The van der Waals surface area contributed by atoms with Gasteiger partial charge in [-0.25, -0.2) is 0 Å². The van der Waals surface area contributed by atoms with E-state index in [-0.39, 0.29) is 18.1 Å². The number of benzene rings is 2. The van der Waals surface area contributed by atoms with Crippen LogP contribution in [0.5, 0.6) is 0 Å². The molecule has 0 spiro atoms. The first kappa shape index (κ1) is 15.0. The van der Waals surface area contributed by atoms with Crippen LogP contribution in [0.3, 0.4) is 0 Å². The van der Waals surface area contributed by atoms with Crippen LogP contribution >= 0.6 is 0 Å². The highest BCUT2D eigenvalue weighted by Crippen LogP contribution is 2.21. The number of amides is 1. The molecular formula is C18H22N2O2. The minimum absolute atomic E-state index is 0.00973. The van der Waals surface area contributed by atoms with Crippen molar-refractivity contribution in [3.05, 3.63) is 48.0 Å². The molecule has 0 saturated carbocycles. The maximum atomic E-state index is 12.2. The summed E-state index contributed by atoms with van der Waals surface area (Å²) < 4.78 is 5.51. The van der Waals surface area contributed by atoms with Crippen LogP contribution in [0, 0.1) is 0 Å². The number of nitrogens with two attached hydrogens (primary N) is 1. The summed E-state index contributed by atoms with van der Waals surface area (Å²) in [6.07, 6.45) is 2.50. The largest absolute Gasteiger partial charge is 0.378 e. The van der Waals surface area contributed by atoms with Gasteiger partial charge in [0.25, 0.3) is 0 Å². The third kappa shape index (κ3) is 3.46. The third-order valence-electron chi connectivity index (χ3n) is 4.18. The van der Waals surface area contributed by atoms with Crippen LogP contribution in [-0.4, -0.2) is 25.2 Å². The Balaban J connectivity index is 1.70. The molecule has 3 rings (SSSR count). The fourth-order valence-electron chi connectivity index (χ4n) is 2.97. The number of fused-ring (bicyclic) bond motifs is 1. The van der Waals surface area contributed by atoms with Crippen LogP contribution in [-0.2, 0) is 9.53 Å². The van der Waals surface area contributed by atoms with Crippen molar-refractivity contribution in [2.24, 2.45) is 5.73 Å². The van der Waals surface area contributed by atoms with Gasteiger partial charge in [-0.3, -0.25) is 4.79 Å². The van der Waals surface area contributed by atoms with Crippen molar-refractivity contribution in [2.75, 3.05) is 13.2 Å². The van der Waals surface area contributed by atoms with E-state index in [9.17, 15) is 4.79 Å². The molecule has 22 heavy (non-hydrogen) atoms. The molecule has 2 atom stereocenters. The van der Waals surface area contributed by atoms with Gasteiger partial charge < -0.3 is 15.8 Å². The average molecular weight is 298 g/mol. The molecule has 3 N–H and O–H groups in total. The zero-order valence-electron chi connectivity index (χ0n) is 12.6. The predicted octanol–water partition coefficient (Wildman–Crippen LogP) is 2.52. The number of carbonyl (C=O) groups is 1. The Labute approximate surface area is 130 Å². The van der Waals surface area contributed by atoms with E-state index in [0.29, 0.717) is 13.0 Å². The second-order valence-corrected chi connectivity index (χ2v) is 5.80. The first-order valence-electron chi connectivity index (χ1n) is 7.86. The number of carbonyl (C=O) groups excluding carboxylic acids is 1. The Hall–Kier alpha value is -1.91. The van der Waals surface area contributed by atoms with E-state index in [4.69, 9.17) is 10.5 Å². The first-order chi connectivity index (χ1) is 10.8. The molecule has 2 unspecified atom stereocenters. The van der Waals surface area contributed by atoms with E-state index in [1.165, 1.54) is 5.39 Å². The maximum Gasteiger partial charge on any atom is 0.223 e. The molecule has 1 fully saturated rings. The number of rotatable bonds is 5. The molecule has 1 heterocycles. The minimum atomic E-state index is -0.154. The Morgan fingerprint density at radius 2 is 2.09 bits per heavy atom. The summed E-state index contributed by atoms with van der Waals surface area (Å²) in [6, 6.07) is 14.2. The van der Waals surface area contributed by atoms with Crippen molar-refractivity contribution in [2.45, 2.75) is 31.4 Å². The lowest BCUT2D eigenvalue weighted by molar-refractivity contribution is -0.123. The van der Waals surface area contributed by atoms with E-state index in [0.717, 1.165) is 30.4 Å². The van der Waals surface area contributed by atoms with E-state index < -0.39 is 0 Å². The molecule has 0 aromatic heterocycles. The van der Waals surface area contributed by atoms with E-state index in [1.54, 1.807) is 0 Å². The van der Waals surface area contributed by atoms with E-state index in [1.807, 2.05) is 18.2 Å². The summed E-state index contributed by atoms with van der Waals surface area (Å²) in [5.74, 6) is 0.00973. The zero-order chi connectivity index (χ0) is 15.4. The Kier molecular flexibility index (Phi) is 4.71. The number of hydrogen-bond donors (Lipinski definition) is 2. The van der Waals surface area contributed by atoms with Gasteiger partial charge in [0.05, 0.1) is 18.6 Å². The van der Waals surface area contributed by atoms with Crippen molar-refractivity contribution in [3.8, 4) is 0 Å². The van der Waals surface area contributed by atoms with Gasteiger partial charge in [0.2, 0.25) is 5.91 Å². The van der Waals surface area contributed by atoms with Crippen molar-refractivity contribution in [1.82, 2.24) is 5.32 Å². The summed E-state index contributed by atoms with van der Waals surface area (Å²) in [4.78, 5) is 12.2. The highest BCUT2D eigenvalue weighted by Gasteiger charge is 2.21. The molecule has 4 nitrogen and oxygen atoms in total. The minimum Gasteiger partial charge on any atom is -0.378 e. The molecule has 0 radical (unpaired) electrons. The molecule has 1 saturated heterocycles. The van der Waals surface area contributed by atoms with Crippen LogP contribution in [0.2, 0.25) is 0 Å². The lowest BCUT2D eigenvalue weighted by Crippen LogP contribution is -2.35. The van der Waals surface area contributed by atoms with Crippen LogP contribution in [0.4, 0.5) is 0 Å². The molecular weight excluding hydrogens is 276 g/mol. The van der Waals surface area contributed by atoms with Gasteiger partial charge in [-0.1, -0.05) is 36.4 Å². The molecule has 0 bridgehead atoms. The Bertz CT molecular complexity index is 650. The van der Waals surface area contributed by atoms with Gasteiger partial charge in [0, 0.05) is 13.2 Å². The van der Waals surface area contributed by atoms with Crippen LogP contribution in [0.15, 0.2) is 42.5 Å². The fourth-order valence-corrected chi connectivity index (χ4v) is 2.97. The smallest absolute Gasteiger partial charge is 0.223 e. The van der Waals surface area contributed by atoms with Gasteiger partial charge in [-0.2, -0.15) is 0 Å². The number of ether oxygens (including phenoxy) is 1. The number of nitrogens with one attached hydrogen (secondary N) is 1. The molecule has 2 aromatic rings. The monoisotopic (exact) mass is 298 g/mol. The summed E-state index contributed by atoms with van der Waals surface area (Å²) in [7, 11) is 0. The van der Waals surface area contributed by atoms with Gasteiger partial charge in [0.15, 0.2) is 0 Å². The van der Waals surface area contributed by atoms with Crippen molar-refractivity contribution in [3.63, 3.8) is 0 Å². The normalized spacial score (nSPS) is 19.2. The van der Waals surface area contributed by atoms with Gasteiger partial charge >= 0.3 is 0 Å². The fraction of sp³-hybridized carbons (Fsp3) is 0.389. The molecule has 1 amide bonds. The zero-order valence-corrected chi connectivity index (χ0v) is 12.6.